The predicted molar refractivity (Wildman–Crippen MR) is 86.5 cm³/mol. The Morgan fingerprint density at radius 1 is 1.24 bits per heavy atom. The van der Waals surface area contributed by atoms with Crippen molar-refractivity contribution in [3.8, 4) is 0 Å². The number of nitrogens with two attached hydrogens (primary N) is 1. The molecule has 6 heteroatoms. The van der Waals surface area contributed by atoms with Crippen molar-refractivity contribution in [2.45, 2.75) is 43.4 Å². The van der Waals surface area contributed by atoms with E-state index in [-0.39, 0.29) is 12.0 Å². The topological polar surface area (TPSA) is 64.9 Å². The van der Waals surface area contributed by atoms with Gasteiger partial charge in [0.1, 0.15) is 0 Å². The first kappa shape index (κ1) is 16.3. The van der Waals surface area contributed by atoms with Gasteiger partial charge in [0.15, 0.2) is 5.82 Å². The summed E-state index contributed by atoms with van der Waals surface area (Å²) in [6.45, 7) is 6.19. The van der Waals surface area contributed by atoms with E-state index in [1.54, 1.807) is 11.8 Å². The van der Waals surface area contributed by atoms with Gasteiger partial charge in [0.05, 0.1) is 11.7 Å². The second kappa shape index (κ2) is 7.29. The lowest BCUT2D eigenvalue weighted by atomic mass is 9.90. The van der Waals surface area contributed by atoms with E-state index in [1.165, 1.54) is 0 Å². The standard InChI is InChI=1S/C15H20ClN3OS/c1-9(2)14(10(3)17)15-18-13(19-20-15)8-21-12-6-4-11(16)5-7-12/h4-7,9-10,14H,8,17H2,1-3H3. The largest absolute Gasteiger partial charge is 0.339 e. The fourth-order valence-electron chi connectivity index (χ4n) is 2.26. The number of benzene rings is 1. The van der Waals surface area contributed by atoms with Crippen molar-refractivity contribution in [3.05, 3.63) is 41.0 Å². The molecule has 4 nitrogen and oxygen atoms in total. The molecule has 114 valence electrons. The van der Waals surface area contributed by atoms with Gasteiger partial charge in [-0.05, 0) is 37.1 Å². The monoisotopic (exact) mass is 325 g/mol. The quantitative estimate of drug-likeness (QED) is 0.810. The van der Waals surface area contributed by atoms with E-state index in [4.69, 9.17) is 21.9 Å². The fraction of sp³-hybridized carbons (Fsp3) is 0.467. The molecule has 0 saturated carbocycles. The minimum atomic E-state index is -0.0118. The van der Waals surface area contributed by atoms with E-state index in [1.807, 2.05) is 31.2 Å². The van der Waals surface area contributed by atoms with Gasteiger partial charge in [0.25, 0.3) is 0 Å². The number of halogens is 1. The minimum Gasteiger partial charge on any atom is -0.339 e. The Morgan fingerprint density at radius 3 is 2.48 bits per heavy atom. The normalized spacial score (nSPS) is 14.4. The lowest BCUT2D eigenvalue weighted by Crippen LogP contribution is -2.28. The molecule has 0 saturated heterocycles. The van der Waals surface area contributed by atoms with Crippen LogP contribution in [0.2, 0.25) is 5.02 Å². The molecule has 0 bridgehead atoms. The Kier molecular flexibility index (Phi) is 5.67. The summed E-state index contributed by atoms with van der Waals surface area (Å²) >= 11 is 7.51. The first-order chi connectivity index (χ1) is 9.97. The van der Waals surface area contributed by atoms with Crippen LogP contribution in [0.4, 0.5) is 0 Å². The summed E-state index contributed by atoms with van der Waals surface area (Å²) in [7, 11) is 0. The van der Waals surface area contributed by atoms with Crippen LogP contribution < -0.4 is 5.73 Å². The number of hydrogen-bond donors (Lipinski definition) is 1. The van der Waals surface area contributed by atoms with Gasteiger partial charge in [-0.25, -0.2) is 0 Å². The van der Waals surface area contributed by atoms with Gasteiger partial charge in [0.2, 0.25) is 5.89 Å². The van der Waals surface area contributed by atoms with Gasteiger partial charge in [-0.1, -0.05) is 30.6 Å². The molecule has 2 aromatic rings. The highest BCUT2D eigenvalue weighted by Gasteiger charge is 2.26. The van der Waals surface area contributed by atoms with Crippen molar-refractivity contribution >= 4 is 23.4 Å². The molecular formula is C15H20ClN3OS. The summed E-state index contributed by atoms with van der Waals surface area (Å²) in [5.74, 6) is 2.44. The van der Waals surface area contributed by atoms with Gasteiger partial charge in [0, 0.05) is 16.0 Å². The molecule has 0 fully saturated rings. The van der Waals surface area contributed by atoms with E-state index >= 15 is 0 Å². The van der Waals surface area contributed by atoms with Gasteiger partial charge in [-0.3, -0.25) is 0 Å². The Balaban J connectivity index is 2.01. The van der Waals surface area contributed by atoms with Crippen LogP contribution in [0.3, 0.4) is 0 Å². The Morgan fingerprint density at radius 2 is 1.90 bits per heavy atom. The van der Waals surface area contributed by atoms with Crippen molar-refractivity contribution in [3.63, 3.8) is 0 Å². The van der Waals surface area contributed by atoms with Gasteiger partial charge >= 0.3 is 0 Å². The molecule has 2 rings (SSSR count). The maximum atomic E-state index is 6.01. The molecule has 0 radical (unpaired) electrons. The Bertz CT molecular complexity index is 561. The third kappa shape index (κ3) is 4.46. The first-order valence-electron chi connectivity index (χ1n) is 6.93. The second-order valence-electron chi connectivity index (χ2n) is 5.42. The van der Waals surface area contributed by atoms with Crippen LogP contribution >= 0.6 is 23.4 Å². The molecule has 0 aliphatic rings. The summed E-state index contributed by atoms with van der Waals surface area (Å²) in [5, 5.41) is 4.78. The molecule has 1 aromatic carbocycles. The molecule has 1 heterocycles. The van der Waals surface area contributed by atoms with Crippen LogP contribution in [0.1, 0.15) is 38.4 Å². The molecule has 21 heavy (non-hydrogen) atoms. The maximum Gasteiger partial charge on any atom is 0.231 e. The van der Waals surface area contributed by atoms with Crippen LogP contribution in [0, 0.1) is 5.92 Å². The van der Waals surface area contributed by atoms with E-state index in [0.29, 0.717) is 23.4 Å². The van der Waals surface area contributed by atoms with Crippen molar-refractivity contribution in [1.29, 1.82) is 0 Å². The van der Waals surface area contributed by atoms with Crippen LogP contribution in [-0.4, -0.2) is 16.2 Å². The number of rotatable bonds is 6. The fourth-order valence-corrected chi connectivity index (χ4v) is 3.12. The Labute approximate surface area is 134 Å². The third-order valence-corrected chi connectivity index (χ3v) is 4.50. The highest BCUT2D eigenvalue weighted by molar-refractivity contribution is 7.98. The molecule has 0 amide bonds. The smallest absolute Gasteiger partial charge is 0.231 e. The van der Waals surface area contributed by atoms with Crippen molar-refractivity contribution in [2.24, 2.45) is 11.7 Å². The number of aromatic nitrogens is 2. The lowest BCUT2D eigenvalue weighted by Gasteiger charge is -2.20. The number of hydrogen-bond acceptors (Lipinski definition) is 5. The summed E-state index contributed by atoms with van der Waals surface area (Å²) in [6, 6.07) is 7.69. The molecule has 2 unspecified atom stereocenters. The zero-order valence-electron chi connectivity index (χ0n) is 12.4. The lowest BCUT2D eigenvalue weighted by molar-refractivity contribution is 0.299. The highest BCUT2D eigenvalue weighted by Crippen LogP contribution is 2.27. The van der Waals surface area contributed by atoms with Gasteiger partial charge in [-0.15, -0.1) is 11.8 Å². The Hall–Kier alpha value is -1.04. The summed E-state index contributed by atoms with van der Waals surface area (Å²) in [4.78, 5) is 5.60. The summed E-state index contributed by atoms with van der Waals surface area (Å²) in [5.41, 5.74) is 6.01. The average Bonchev–Trinajstić information content (AvgIpc) is 2.85. The molecule has 0 aliphatic carbocycles. The van der Waals surface area contributed by atoms with E-state index in [9.17, 15) is 0 Å². The molecule has 0 aliphatic heterocycles. The first-order valence-corrected chi connectivity index (χ1v) is 8.30. The van der Waals surface area contributed by atoms with Crippen LogP contribution in [-0.2, 0) is 5.75 Å². The van der Waals surface area contributed by atoms with Crippen molar-refractivity contribution in [1.82, 2.24) is 10.1 Å². The highest BCUT2D eigenvalue weighted by atomic mass is 35.5. The van der Waals surface area contributed by atoms with Gasteiger partial charge < -0.3 is 10.3 Å². The van der Waals surface area contributed by atoms with E-state index in [0.717, 1.165) is 9.92 Å². The average molecular weight is 326 g/mol. The minimum absolute atomic E-state index is 0.0118. The number of nitrogens with zero attached hydrogens (tertiary/aromatic N) is 2. The van der Waals surface area contributed by atoms with Gasteiger partial charge in [-0.2, -0.15) is 4.98 Å². The zero-order valence-corrected chi connectivity index (χ0v) is 14.0. The maximum absolute atomic E-state index is 6.01. The third-order valence-electron chi connectivity index (χ3n) is 3.24. The molecular weight excluding hydrogens is 306 g/mol. The molecule has 2 N–H and O–H groups in total. The molecule has 0 spiro atoms. The molecule has 1 aromatic heterocycles. The van der Waals surface area contributed by atoms with Crippen molar-refractivity contribution < 1.29 is 4.52 Å². The van der Waals surface area contributed by atoms with E-state index in [2.05, 4.69) is 24.0 Å². The summed E-state index contributed by atoms with van der Waals surface area (Å²) in [6.07, 6.45) is 0. The van der Waals surface area contributed by atoms with Crippen molar-refractivity contribution in [2.75, 3.05) is 0 Å². The SMILES string of the molecule is CC(C)C(c1nc(CSc2ccc(Cl)cc2)no1)C(C)N. The van der Waals surface area contributed by atoms with Crippen LogP contribution in [0.5, 0.6) is 0 Å². The second-order valence-corrected chi connectivity index (χ2v) is 6.91. The van der Waals surface area contributed by atoms with E-state index < -0.39 is 0 Å². The van der Waals surface area contributed by atoms with Crippen LogP contribution in [0.25, 0.3) is 0 Å². The molecule has 2 atom stereocenters. The number of thioether (sulfide) groups is 1. The zero-order chi connectivity index (χ0) is 15.4. The van der Waals surface area contributed by atoms with Crippen LogP contribution in [0.15, 0.2) is 33.7 Å². The predicted octanol–water partition coefficient (Wildman–Crippen LogP) is 4.10. The summed E-state index contributed by atoms with van der Waals surface area (Å²) < 4.78 is 5.38.